The maximum atomic E-state index is 5.96. The zero-order chi connectivity index (χ0) is 15.2. The van der Waals surface area contributed by atoms with Gasteiger partial charge in [-0.3, -0.25) is 0 Å². The molecule has 0 radical (unpaired) electrons. The van der Waals surface area contributed by atoms with Crippen LogP contribution in [0.25, 0.3) is 0 Å². The van der Waals surface area contributed by atoms with Gasteiger partial charge in [-0.1, -0.05) is 30.7 Å². The lowest BCUT2D eigenvalue weighted by Gasteiger charge is -2.21. The summed E-state index contributed by atoms with van der Waals surface area (Å²) in [6.07, 6.45) is 0.977. The van der Waals surface area contributed by atoms with Crippen molar-refractivity contribution in [2.75, 3.05) is 24.3 Å². The van der Waals surface area contributed by atoms with Gasteiger partial charge in [0.15, 0.2) is 0 Å². The first-order valence-corrected chi connectivity index (χ1v) is 7.45. The minimum Gasteiger partial charge on any atom is -0.493 e. The highest BCUT2D eigenvalue weighted by Crippen LogP contribution is 2.26. The molecule has 2 rings (SSSR count). The molecule has 4 heteroatoms. The first-order chi connectivity index (χ1) is 10.1. The van der Waals surface area contributed by atoms with Gasteiger partial charge < -0.3 is 15.4 Å². The second kappa shape index (κ2) is 7.23. The summed E-state index contributed by atoms with van der Waals surface area (Å²) >= 11 is 5.91. The fraction of sp³-hybridized carbons (Fsp3) is 0.294. The Morgan fingerprint density at radius 3 is 2.52 bits per heavy atom. The maximum Gasteiger partial charge on any atom is 0.123 e. The zero-order valence-corrected chi connectivity index (χ0v) is 13.2. The van der Waals surface area contributed by atoms with Gasteiger partial charge in [-0.2, -0.15) is 0 Å². The highest BCUT2D eigenvalue weighted by atomic mass is 35.5. The Labute approximate surface area is 131 Å². The molecule has 0 aliphatic rings. The van der Waals surface area contributed by atoms with Gasteiger partial charge in [-0.15, -0.1) is 0 Å². The number of rotatable bonds is 6. The van der Waals surface area contributed by atoms with Crippen LogP contribution in [-0.2, 0) is 6.54 Å². The van der Waals surface area contributed by atoms with Crippen molar-refractivity contribution in [3.8, 4) is 5.75 Å². The van der Waals surface area contributed by atoms with Crippen LogP contribution in [0.3, 0.4) is 0 Å². The van der Waals surface area contributed by atoms with Crippen LogP contribution in [0, 0.1) is 0 Å². The number of benzene rings is 2. The third kappa shape index (κ3) is 4.57. The van der Waals surface area contributed by atoms with Crippen LogP contribution in [0.4, 0.5) is 11.4 Å². The van der Waals surface area contributed by atoms with E-state index in [0.717, 1.165) is 29.4 Å². The topological polar surface area (TPSA) is 38.5 Å². The second-order valence-electron chi connectivity index (χ2n) is 5.09. The number of nitrogens with zero attached hydrogens (tertiary/aromatic N) is 1. The average Bonchev–Trinajstić information content (AvgIpc) is 2.47. The Hall–Kier alpha value is -1.87. The molecule has 0 amide bonds. The highest BCUT2D eigenvalue weighted by Gasteiger charge is 2.06. The Morgan fingerprint density at radius 2 is 1.86 bits per heavy atom. The van der Waals surface area contributed by atoms with E-state index < -0.39 is 0 Å². The number of hydrogen-bond acceptors (Lipinski definition) is 3. The van der Waals surface area contributed by atoms with E-state index in [9.17, 15) is 0 Å². The van der Waals surface area contributed by atoms with Gasteiger partial charge in [-0.25, -0.2) is 0 Å². The molecule has 0 aliphatic heterocycles. The third-order valence-electron chi connectivity index (χ3n) is 3.16. The molecule has 0 heterocycles. The van der Waals surface area contributed by atoms with Gasteiger partial charge in [0.05, 0.1) is 6.61 Å². The van der Waals surface area contributed by atoms with E-state index in [1.165, 1.54) is 5.56 Å². The molecule has 2 N–H and O–H groups in total. The van der Waals surface area contributed by atoms with Crippen molar-refractivity contribution in [2.24, 2.45) is 0 Å². The number of ether oxygens (including phenoxy) is 1. The third-order valence-corrected chi connectivity index (χ3v) is 3.41. The van der Waals surface area contributed by atoms with Crippen LogP contribution in [0.1, 0.15) is 18.9 Å². The first-order valence-electron chi connectivity index (χ1n) is 7.07. The summed E-state index contributed by atoms with van der Waals surface area (Å²) in [6.45, 7) is 3.57. The Balaban J connectivity index is 2.12. The van der Waals surface area contributed by atoms with Gasteiger partial charge >= 0.3 is 0 Å². The minimum atomic E-state index is 0.698. The molecule has 0 atom stereocenters. The summed E-state index contributed by atoms with van der Waals surface area (Å²) in [4.78, 5) is 2.14. The molecule has 0 saturated carbocycles. The molecular formula is C17H21ClN2O. The molecule has 0 fully saturated rings. The SMILES string of the molecule is CCCOc1cc(N)cc(N(C)Cc2ccc(Cl)cc2)c1. The van der Waals surface area contributed by atoms with E-state index >= 15 is 0 Å². The summed E-state index contributed by atoms with van der Waals surface area (Å²) in [5.74, 6) is 0.815. The monoisotopic (exact) mass is 304 g/mol. The van der Waals surface area contributed by atoms with Crippen LogP contribution in [-0.4, -0.2) is 13.7 Å². The van der Waals surface area contributed by atoms with E-state index in [-0.39, 0.29) is 0 Å². The summed E-state index contributed by atoms with van der Waals surface area (Å²) in [6, 6.07) is 13.7. The van der Waals surface area contributed by atoms with Gasteiger partial charge in [0, 0.05) is 42.1 Å². The van der Waals surface area contributed by atoms with Crippen LogP contribution < -0.4 is 15.4 Å². The Kier molecular flexibility index (Phi) is 5.34. The summed E-state index contributed by atoms with van der Waals surface area (Å²) < 4.78 is 5.67. The van der Waals surface area contributed by atoms with Crippen molar-refractivity contribution in [2.45, 2.75) is 19.9 Å². The summed E-state index contributed by atoms with van der Waals surface area (Å²) in [5, 5.41) is 0.751. The quantitative estimate of drug-likeness (QED) is 0.806. The lowest BCUT2D eigenvalue weighted by Crippen LogP contribution is -2.16. The van der Waals surface area contributed by atoms with Gasteiger partial charge in [0.1, 0.15) is 5.75 Å². The molecule has 0 aliphatic carbocycles. The molecule has 3 nitrogen and oxygen atoms in total. The molecule has 21 heavy (non-hydrogen) atoms. The molecule has 112 valence electrons. The average molecular weight is 305 g/mol. The predicted octanol–water partition coefficient (Wildman–Crippen LogP) is 4.35. The Bertz CT molecular complexity index is 584. The smallest absolute Gasteiger partial charge is 0.123 e. The van der Waals surface area contributed by atoms with Crippen molar-refractivity contribution in [1.82, 2.24) is 0 Å². The molecule has 2 aromatic rings. The number of anilines is 2. The number of nitrogen functional groups attached to an aromatic ring is 1. The van der Waals surface area contributed by atoms with Crippen LogP contribution in [0.15, 0.2) is 42.5 Å². The molecule has 0 spiro atoms. The number of nitrogens with two attached hydrogens (primary N) is 1. The molecular weight excluding hydrogens is 284 g/mol. The standard InChI is InChI=1S/C17H21ClN2O/c1-3-8-21-17-10-15(19)9-16(11-17)20(2)12-13-4-6-14(18)7-5-13/h4-7,9-11H,3,8,12,19H2,1-2H3. The van der Waals surface area contributed by atoms with Gasteiger partial charge in [0.2, 0.25) is 0 Å². The van der Waals surface area contributed by atoms with Gasteiger partial charge in [-0.05, 0) is 30.2 Å². The van der Waals surface area contributed by atoms with E-state index in [2.05, 4.69) is 11.8 Å². The normalized spacial score (nSPS) is 10.4. The largest absolute Gasteiger partial charge is 0.493 e. The van der Waals surface area contributed by atoms with Crippen molar-refractivity contribution in [3.63, 3.8) is 0 Å². The number of hydrogen-bond donors (Lipinski definition) is 1. The molecule has 0 aromatic heterocycles. The number of halogens is 1. The lowest BCUT2D eigenvalue weighted by atomic mass is 10.2. The molecule has 0 unspecified atom stereocenters. The lowest BCUT2D eigenvalue weighted by molar-refractivity contribution is 0.317. The molecule has 2 aromatic carbocycles. The van der Waals surface area contributed by atoms with Crippen molar-refractivity contribution < 1.29 is 4.74 Å². The van der Waals surface area contributed by atoms with Crippen LogP contribution >= 0.6 is 11.6 Å². The first kappa shape index (κ1) is 15.5. The zero-order valence-electron chi connectivity index (χ0n) is 12.5. The maximum absolute atomic E-state index is 5.96. The fourth-order valence-electron chi connectivity index (χ4n) is 2.08. The molecule has 0 saturated heterocycles. The van der Waals surface area contributed by atoms with Crippen molar-refractivity contribution >= 4 is 23.0 Å². The predicted molar refractivity (Wildman–Crippen MR) is 90.2 cm³/mol. The van der Waals surface area contributed by atoms with Crippen LogP contribution in [0.5, 0.6) is 5.75 Å². The van der Waals surface area contributed by atoms with Crippen molar-refractivity contribution in [1.29, 1.82) is 0 Å². The van der Waals surface area contributed by atoms with Gasteiger partial charge in [0.25, 0.3) is 0 Å². The van der Waals surface area contributed by atoms with Crippen LogP contribution in [0.2, 0.25) is 5.02 Å². The summed E-state index contributed by atoms with van der Waals surface area (Å²) in [7, 11) is 2.03. The Morgan fingerprint density at radius 1 is 1.14 bits per heavy atom. The van der Waals surface area contributed by atoms with Crippen molar-refractivity contribution in [3.05, 3.63) is 53.1 Å². The van der Waals surface area contributed by atoms with E-state index in [4.69, 9.17) is 22.1 Å². The van der Waals surface area contributed by atoms with E-state index in [1.54, 1.807) is 0 Å². The fourth-order valence-corrected chi connectivity index (χ4v) is 2.21. The highest BCUT2D eigenvalue weighted by molar-refractivity contribution is 6.30. The summed E-state index contributed by atoms with van der Waals surface area (Å²) in [5.41, 5.74) is 8.90. The second-order valence-corrected chi connectivity index (χ2v) is 5.53. The molecule has 0 bridgehead atoms. The van der Waals surface area contributed by atoms with E-state index in [1.807, 2.05) is 49.5 Å². The minimum absolute atomic E-state index is 0.698. The van der Waals surface area contributed by atoms with E-state index in [0.29, 0.717) is 12.3 Å².